The van der Waals surface area contributed by atoms with Crippen LogP contribution in [0.1, 0.15) is 28.8 Å². The molecule has 34 heavy (non-hydrogen) atoms. The Hall–Kier alpha value is -3.74. The highest BCUT2D eigenvalue weighted by Crippen LogP contribution is 2.24. The number of nitrogens with one attached hydrogen (secondary N) is 2. The number of nitrogens with zero attached hydrogens (tertiary/aromatic N) is 2. The molecule has 2 aromatic carbocycles. The molecule has 0 unspecified atom stereocenters. The Morgan fingerprint density at radius 1 is 1.00 bits per heavy atom. The molecule has 2 heterocycles. The molecule has 0 aliphatic carbocycles. The van der Waals surface area contributed by atoms with Crippen molar-refractivity contribution in [3.8, 4) is 0 Å². The molecule has 4 rings (SSSR count). The number of hydrogen-bond acceptors (Lipinski definition) is 5. The Labute approximate surface area is 201 Å². The largest absolute Gasteiger partial charge is 0.449 e. The Balaban J connectivity index is 1.25. The van der Waals surface area contributed by atoms with E-state index in [0.717, 1.165) is 38.0 Å². The Bertz CT molecular complexity index is 1070. The van der Waals surface area contributed by atoms with Crippen molar-refractivity contribution in [2.24, 2.45) is 5.92 Å². The quantitative estimate of drug-likeness (QED) is 0.645. The van der Waals surface area contributed by atoms with Crippen molar-refractivity contribution in [3.05, 3.63) is 83.7 Å². The number of benzene rings is 2. The lowest BCUT2D eigenvalue weighted by Crippen LogP contribution is -2.35. The highest BCUT2D eigenvalue weighted by molar-refractivity contribution is 6.06. The molecule has 0 atom stereocenters. The van der Waals surface area contributed by atoms with E-state index in [-0.39, 0.29) is 5.91 Å². The van der Waals surface area contributed by atoms with Gasteiger partial charge in [0.2, 0.25) is 0 Å². The van der Waals surface area contributed by atoms with Gasteiger partial charge in [0.25, 0.3) is 5.91 Å². The maximum absolute atomic E-state index is 12.6. The summed E-state index contributed by atoms with van der Waals surface area (Å²) in [5.41, 5.74) is 3.95. The lowest BCUT2D eigenvalue weighted by atomic mass is 9.97. The van der Waals surface area contributed by atoms with Gasteiger partial charge in [-0.15, -0.1) is 0 Å². The number of ether oxygens (including phenoxy) is 1. The molecule has 0 spiro atoms. The zero-order valence-electron chi connectivity index (χ0n) is 19.8. The smallest absolute Gasteiger partial charge is 0.411 e. The zero-order chi connectivity index (χ0) is 23.9. The minimum atomic E-state index is -0.513. The number of para-hydroxylation sites is 2. The van der Waals surface area contributed by atoms with Crippen LogP contribution in [0.3, 0.4) is 0 Å². The predicted octanol–water partition coefficient (Wildman–Crippen LogP) is 4.85. The third-order valence-corrected chi connectivity index (χ3v) is 6.24. The molecule has 0 bridgehead atoms. The van der Waals surface area contributed by atoms with Gasteiger partial charge in [-0.1, -0.05) is 29.8 Å². The van der Waals surface area contributed by atoms with E-state index in [9.17, 15) is 9.59 Å². The van der Waals surface area contributed by atoms with Gasteiger partial charge in [-0.25, -0.2) is 4.79 Å². The van der Waals surface area contributed by atoms with E-state index in [2.05, 4.69) is 45.8 Å². The molecule has 2 aliphatic rings. The van der Waals surface area contributed by atoms with Crippen LogP contribution in [-0.2, 0) is 4.74 Å². The van der Waals surface area contributed by atoms with Crippen molar-refractivity contribution in [1.82, 2.24) is 9.80 Å². The van der Waals surface area contributed by atoms with Crippen molar-refractivity contribution in [3.63, 3.8) is 0 Å². The number of aryl methyl sites for hydroxylation is 1. The van der Waals surface area contributed by atoms with E-state index in [1.807, 2.05) is 25.1 Å². The fourth-order valence-electron chi connectivity index (χ4n) is 4.10. The first-order valence-corrected chi connectivity index (χ1v) is 11.7. The lowest BCUT2D eigenvalue weighted by molar-refractivity contribution is 0.102. The molecule has 2 aromatic rings. The summed E-state index contributed by atoms with van der Waals surface area (Å²) in [6.45, 7) is 5.21. The number of amides is 2. The first-order chi connectivity index (χ1) is 16.5. The second-order valence-corrected chi connectivity index (χ2v) is 8.90. The maximum Gasteiger partial charge on any atom is 0.411 e. The topological polar surface area (TPSA) is 73.9 Å². The molecule has 2 aliphatic heterocycles. The molecule has 7 nitrogen and oxygen atoms in total. The Morgan fingerprint density at radius 3 is 2.32 bits per heavy atom. The Morgan fingerprint density at radius 2 is 1.68 bits per heavy atom. The molecule has 178 valence electrons. The Kier molecular flexibility index (Phi) is 7.52. The number of piperidine rings is 1. The van der Waals surface area contributed by atoms with Crippen LogP contribution in [0.4, 0.5) is 16.2 Å². The van der Waals surface area contributed by atoms with Crippen molar-refractivity contribution in [2.75, 3.05) is 43.9 Å². The van der Waals surface area contributed by atoms with Crippen molar-refractivity contribution >= 4 is 23.4 Å². The molecule has 1 saturated heterocycles. The van der Waals surface area contributed by atoms with E-state index in [1.54, 1.807) is 30.3 Å². The summed E-state index contributed by atoms with van der Waals surface area (Å²) < 4.78 is 5.52. The molecular weight excluding hydrogens is 428 g/mol. The molecule has 0 saturated carbocycles. The number of hydrogen-bond donors (Lipinski definition) is 2. The van der Waals surface area contributed by atoms with Crippen LogP contribution >= 0.6 is 0 Å². The summed E-state index contributed by atoms with van der Waals surface area (Å²) >= 11 is 0. The first kappa shape index (κ1) is 23.4. The molecule has 2 amide bonds. The van der Waals surface area contributed by atoms with Crippen LogP contribution in [0.15, 0.2) is 72.6 Å². The number of likely N-dealkylation sites (N-methyl/N-ethyl adjacent to an activating group) is 1. The van der Waals surface area contributed by atoms with Gasteiger partial charge in [0, 0.05) is 44.1 Å². The van der Waals surface area contributed by atoms with Crippen molar-refractivity contribution in [1.29, 1.82) is 0 Å². The summed E-state index contributed by atoms with van der Waals surface area (Å²) in [5.74, 6) is 0.110. The lowest BCUT2D eigenvalue weighted by Gasteiger charge is -2.35. The van der Waals surface area contributed by atoms with Crippen LogP contribution < -0.4 is 10.6 Å². The second-order valence-electron chi connectivity index (χ2n) is 8.90. The number of rotatable bonds is 6. The van der Waals surface area contributed by atoms with E-state index < -0.39 is 6.09 Å². The van der Waals surface area contributed by atoms with E-state index >= 15 is 0 Å². The first-order valence-electron chi connectivity index (χ1n) is 11.7. The highest BCUT2D eigenvalue weighted by atomic mass is 16.5. The summed E-state index contributed by atoms with van der Waals surface area (Å²) in [7, 11) is 2.06. The average molecular weight is 461 g/mol. The zero-order valence-corrected chi connectivity index (χ0v) is 19.8. The fraction of sp³-hybridized carbons (Fsp3) is 0.333. The molecule has 0 radical (unpaired) electrons. The van der Waals surface area contributed by atoms with Gasteiger partial charge < -0.3 is 19.9 Å². The van der Waals surface area contributed by atoms with E-state index in [1.165, 1.54) is 5.70 Å². The molecule has 7 heteroatoms. The van der Waals surface area contributed by atoms with Crippen LogP contribution in [0, 0.1) is 12.8 Å². The standard InChI is InChI=1S/C27H32N4O3/c1-20-7-9-22(10-8-20)26(32)28-24-5-3-4-6-25(24)29-27(33)34-19-21-11-17-31(18-12-21)23-13-15-30(2)16-14-23/h3-10,13-15,21H,11-12,16-19H2,1-2H3,(H,28,32)(H,29,33). The van der Waals surface area contributed by atoms with Gasteiger partial charge in [0.1, 0.15) is 0 Å². The van der Waals surface area contributed by atoms with Crippen LogP contribution in [0.5, 0.6) is 0 Å². The van der Waals surface area contributed by atoms with E-state index in [4.69, 9.17) is 4.74 Å². The van der Waals surface area contributed by atoms with Crippen LogP contribution in [0.25, 0.3) is 0 Å². The van der Waals surface area contributed by atoms with Gasteiger partial charge in [-0.2, -0.15) is 0 Å². The number of anilines is 2. The van der Waals surface area contributed by atoms with E-state index in [0.29, 0.717) is 29.5 Å². The van der Waals surface area contributed by atoms with Crippen LogP contribution in [-0.4, -0.2) is 55.1 Å². The number of carbonyl (C=O) groups excluding carboxylic acids is 2. The SMILES string of the molecule is Cc1ccc(C(=O)Nc2ccccc2NC(=O)OCC2CCN(C3=CCN(C)C=C3)CC2)cc1. The number of likely N-dealkylation sites (tertiary alicyclic amines) is 1. The molecule has 2 N–H and O–H groups in total. The van der Waals surface area contributed by atoms with Gasteiger partial charge in [-0.3, -0.25) is 10.1 Å². The summed E-state index contributed by atoms with van der Waals surface area (Å²) in [5, 5.41) is 5.64. The molecular formula is C27H32N4O3. The third-order valence-electron chi connectivity index (χ3n) is 6.24. The third kappa shape index (κ3) is 6.19. The van der Waals surface area contributed by atoms with Gasteiger partial charge in [0.05, 0.1) is 18.0 Å². The minimum absolute atomic E-state index is 0.232. The average Bonchev–Trinajstić information content (AvgIpc) is 2.85. The minimum Gasteiger partial charge on any atom is -0.449 e. The summed E-state index contributed by atoms with van der Waals surface area (Å²) in [4.78, 5) is 29.6. The normalized spacial score (nSPS) is 16.1. The molecule has 1 fully saturated rings. The second kappa shape index (κ2) is 10.9. The monoisotopic (exact) mass is 460 g/mol. The van der Waals surface area contributed by atoms with Crippen molar-refractivity contribution in [2.45, 2.75) is 19.8 Å². The number of carbonyl (C=O) groups is 2. The fourth-order valence-corrected chi connectivity index (χ4v) is 4.10. The predicted molar refractivity (Wildman–Crippen MR) is 135 cm³/mol. The maximum atomic E-state index is 12.6. The van der Waals surface area contributed by atoms with Gasteiger partial charge in [0.15, 0.2) is 0 Å². The van der Waals surface area contributed by atoms with Crippen molar-refractivity contribution < 1.29 is 14.3 Å². The van der Waals surface area contributed by atoms with Crippen LogP contribution in [0.2, 0.25) is 0 Å². The van der Waals surface area contributed by atoms with Gasteiger partial charge >= 0.3 is 6.09 Å². The highest BCUT2D eigenvalue weighted by Gasteiger charge is 2.22. The summed E-state index contributed by atoms with van der Waals surface area (Å²) in [6, 6.07) is 14.4. The van der Waals surface area contributed by atoms with Gasteiger partial charge in [-0.05, 0) is 62.1 Å². The number of allylic oxidation sites excluding steroid dienone is 1. The molecule has 0 aromatic heterocycles. The summed E-state index contributed by atoms with van der Waals surface area (Å²) in [6.07, 6.45) is 7.97.